The zero-order valence-electron chi connectivity index (χ0n) is 12.4. The normalized spacial score (nSPS) is 20.9. The zero-order valence-corrected chi connectivity index (χ0v) is 12.4. The molecule has 102 valence electrons. The maximum atomic E-state index is 12.5. The zero-order chi connectivity index (χ0) is 14.0. The van der Waals surface area contributed by atoms with E-state index in [4.69, 9.17) is 0 Å². The number of amides is 1. The van der Waals surface area contributed by atoms with Crippen LogP contribution in [0, 0.1) is 28.1 Å². The van der Waals surface area contributed by atoms with Gasteiger partial charge in [0.15, 0.2) is 0 Å². The molecule has 1 atom stereocenters. The SMILES string of the molecule is CCC(C#N)(CC)C(=O)N1CCC(C(C)(C)C)C1. The molecule has 1 unspecified atom stereocenters. The van der Waals surface area contributed by atoms with Crippen LogP contribution in [0.5, 0.6) is 0 Å². The molecule has 1 aliphatic rings. The molecule has 0 bridgehead atoms. The fourth-order valence-corrected chi connectivity index (χ4v) is 2.71. The third kappa shape index (κ3) is 2.68. The molecule has 0 aromatic rings. The molecule has 1 fully saturated rings. The molecule has 1 heterocycles. The summed E-state index contributed by atoms with van der Waals surface area (Å²) >= 11 is 0. The Labute approximate surface area is 111 Å². The number of hydrogen-bond donors (Lipinski definition) is 0. The van der Waals surface area contributed by atoms with Crippen LogP contribution in [0.1, 0.15) is 53.9 Å². The highest BCUT2D eigenvalue weighted by Gasteiger charge is 2.42. The highest BCUT2D eigenvalue weighted by atomic mass is 16.2. The third-order valence-electron chi connectivity index (χ3n) is 4.53. The molecule has 0 radical (unpaired) electrons. The van der Waals surface area contributed by atoms with E-state index in [2.05, 4.69) is 26.8 Å². The monoisotopic (exact) mass is 250 g/mol. The molecule has 3 nitrogen and oxygen atoms in total. The van der Waals surface area contributed by atoms with E-state index in [0.717, 1.165) is 19.5 Å². The Morgan fingerprint density at radius 2 is 1.89 bits per heavy atom. The lowest BCUT2D eigenvalue weighted by molar-refractivity contribution is -0.138. The number of carbonyl (C=O) groups is 1. The second-order valence-corrected chi connectivity index (χ2v) is 6.50. The first kappa shape index (κ1) is 15.0. The van der Waals surface area contributed by atoms with Crippen LogP contribution in [-0.2, 0) is 4.79 Å². The van der Waals surface area contributed by atoms with Gasteiger partial charge in [-0.3, -0.25) is 4.79 Å². The molecule has 1 saturated heterocycles. The summed E-state index contributed by atoms with van der Waals surface area (Å²) < 4.78 is 0. The summed E-state index contributed by atoms with van der Waals surface area (Å²) in [5, 5.41) is 9.34. The van der Waals surface area contributed by atoms with E-state index in [9.17, 15) is 10.1 Å². The highest BCUT2D eigenvalue weighted by Crippen LogP contribution is 2.36. The molecular formula is C15H26N2O. The molecule has 1 aliphatic heterocycles. The number of nitriles is 1. The number of likely N-dealkylation sites (tertiary alicyclic amines) is 1. The van der Waals surface area contributed by atoms with E-state index < -0.39 is 5.41 Å². The van der Waals surface area contributed by atoms with Crippen LogP contribution in [0.3, 0.4) is 0 Å². The van der Waals surface area contributed by atoms with Crippen molar-refractivity contribution < 1.29 is 4.79 Å². The van der Waals surface area contributed by atoms with Crippen molar-refractivity contribution in [2.45, 2.75) is 53.9 Å². The van der Waals surface area contributed by atoms with Crippen molar-refractivity contribution in [2.75, 3.05) is 13.1 Å². The van der Waals surface area contributed by atoms with Gasteiger partial charge in [0.1, 0.15) is 5.41 Å². The third-order valence-corrected chi connectivity index (χ3v) is 4.53. The quantitative estimate of drug-likeness (QED) is 0.772. The Bertz CT molecular complexity index is 344. The first-order chi connectivity index (χ1) is 8.30. The fraction of sp³-hybridized carbons (Fsp3) is 0.867. The summed E-state index contributed by atoms with van der Waals surface area (Å²) in [6.45, 7) is 12.2. The van der Waals surface area contributed by atoms with Gasteiger partial charge in [-0.15, -0.1) is 0 Å². The minimum Gasteiger partial charge on any atom is -0.341 e. The van der Waals surface area contributed by atoms with Crippen LogP contribution >= 0.6 is 0 Å². The minimum absolute atomic E-state index is 0.0433. The van der Waals surface area contributed by atoms with E-state index >= 15 is 0 Å². The predicted octanol–water partition coefficient (Wildman–Crippen LogP) is 3.21. The van der Waals surface area contributed by atoms with Crippen molar-refractivity contribution in [1.82, 2.24) is 4.90 Å². The van der Waals surface area contributed by atoms with Crippen LogP contribution in [0.4, 0.5) is 0 Å². The molecule has 0 aromatic heterocycles. The Balaban J connectivity index is 2.80. The molecular weight excluding hydrogens is 224 g/mol. The lowest BCUT2D eigenvalue weighted by atomic mass is 9.80. The van der Waals surface area contributed by atoms with E-state index in [1.54, 1.807) is 0 Å². The molecule has 0 spiro atoms. The van der Waals surface area contributed by atoms with Gasteiger partial charge >= 0.3 is 0 Å². The van der Waals surface area contributed by atoms with Gasteiger partial charge < -0.3 is 4.90 Å². The van der Waals surface area contributed by atoms with Gasteiger partial charge in [-0.05, 0) is 30.6 Å². The summed E-state index contributed by atoms with van der Waals surface area (Å²) in [4.78, 5) is 14.4. The van der Waals surface area contributed by atoms with Gasteiger partial charge in [-0.2, -0.15) is 5.26 Å². The van der Waals surface area contributed by atoms with Crippen molar-refractivity contribution in [3.63, 3.8) is 0 Å². The lowest BCUT2D eigenvalue weighted by Gasteiger charge is -2.30. The van der Waals surface area contributed by atoms with Crippen LogP contribution in [0.2, 0.25) is 0 Å². The number of carbonyl (C=O) groups excluding carboxylic acids is 1. The first-order valence-corrected chi connectivity index (χ1v) is 7.01. The van der Waals surface area contributed by atoms with Crippen LogP contribution in [-0.4, -0.2) is 23.9 Å². The molecule has 0 saturated carbocycles. The molecule has 0 aromatic carbocycles. The van der Waals surface area contributed by atoms with Crippen molar-refractivity contribution in [3.8, 4) is 6.07 Å². The van der Waals surface area contributed by atoms with E-state index in [0.29, 0.717) is 18.8 Å². The van der Waals surface area contributed by atoms with Crippen molar-refractivity contribution >= 4 is 5.91 Å². The smallest absolute Gasteiger partial charge is 0.243 e. The molecule has 0 aliphatic carbocycles. The van der Waals surface area contributed by atoms with Crippen molar-refractivity contribution in [2.24, 2.45) is 16.7 Å². The molecule has 1 amide bonds. The molecule has 18 heavy (non-hydrogen) atoms. The lowest BCUT2D eigenvalue weighted by Crippen LogP contribution is -2.42. The van der Waals surface area contributed by atoms with Gasteiger partial charge in [-0.25, -0.2) is 0 Å². The summed E-state index contributed by atoms with van der Waals surface area (Å²) in [5.41, 5.74) is -0.560. The van der Waals surface area contributed by atoms with Crippen LogP contribution < -0.4 is 0 Å². The number of rotatable bonds is 3. The minimum atomic E-state index is -0.799. The van der Waals surface area contributed by atoms with Gasteiger partial charge in [0, 0.05) is 13.1 Å². The van der Waals surface area contributed by atoms with Gasteiger partial charge in [-0.1, -0.05) is 34.6 Å². The standard InChI is InChI=1S/C15H26N2O/c1-6-15(7-2,11-16)13(18)17-9-8-12(10-17)14(3,4)5/h12H,6-10H2,1-5H3. The van der Waals surface area contributed by atoms with Gasteiger partial charge in [0.2, 0.25) is 5.91 Å². The second-order valence-electron chi connectivity index (χ2n) is 6.50. The maximum Gasteiger partial charge on any atom is 0.243 e. The number of hydrogen-bond acceptors (Lipinski definition) is 2. The summed E-state index contributed by atoms with van der Waals surface area (Å²) in [6.07, 6.45) is 2.27. The second kappa shape index (κ2) is 5.30. The van der Waals surface area contributed by atoms with E-state index in [1.165, 1.54) is 0 Å². The Morgan fingerprint density at radius 1 is 1.33 bits per heavy atom. The Hall–Kier alpha value is -1.04. The average Bonchev–Trinajstić information content (AvgIpc) is 2.80. The largest absolute Gasteiger partial charge is 0.341 e. The van der Waals surface area contributed by atoms with Crippen molar-refractivity contribution in [3.05, 3.63) is 0 Å². The topological polar surface area (TPSA) is 44.1 Å². The highest BCUT2D eigenvalue weighted by molar-refractivity contribution is 5.85. The predicted molar refractivity (Wildman–Crippen MR) is 72.8 cm³/mol. The fourth-order valence-electron chi connectivity index (χ4n) is 2.71. The van der Waals surface area contributed by atoms with Crippen LogP contribution in [0.25, 0.3) is 0 Å². The van der Waals surface area contributed by atoms with Crippen molar-refractivity contribution in [1.29, 1.82) is 5.26 Å². The Morgan fingerprint density at radius 3 is 2.22 bits per heavy atom. The first-order valence-electron chi connectivity index (χ1n) is 7.01. The van der Waals surface area contributed by atoms with E-state index in [-0.39, 0.29) is 11.3 Å². The average molecular weight is 250 g/mol. The summed E-state index contributed by atoms with van der Waals surface area (Å²) in [5.74, 6) is 0.591. The summed E-state index contributed by atoms with van der Waals surface area (Å²) in [7, 11) is 0. The molecule has 3 heteroatoms. The Kier molecular flexibility index (Phi) is 4.42. The van der Waals surface area contributed by atoms with Gasteiger partial charge in [0.05, 0.1) is 6.07 Å². The molecule has 0 N–H and O–H groups in total. The van der Waals surface area contributed by atoms with E-state index in [1.807, 2.05) is 18.7 Å². The maximum absolute atomic E-state index is 12.5. The summed E-state index contributed by atoms with van der Waals surface area (Å²) in [6, 6.07) is 2.25. The number of nitrogens with zero attached hydrogens (tertiary/aromatic N) is 2. The molecule has 1 rings (SSSR count). The van der Waals surface area contributed by atoms with Crippen LogP contribution in [0.15, 0.2) is 0 Å². The van der Waals surface area contributed by atoms with Gasteiger partial charge in [0.25, 0.3) is 0 Å².